The average molecular weight is 224 g/mol. The first kappa shape index (κ1) is 12.4. The van der Waals surface area contributed by atoms with Gasteiger partial charge in [0.2, 0.25) is 0 Å². The molecule has 2 rings (SSSR count). The fourth-order valence-corrected chi connectivity index (χ4v) is 3.57. The Labute approximate surface area is 101 Å². The van der Waals surface area contributed by atoms with Crippen LogP contribution in [0, 0.1) is 5.92 Å². The van der Waals surface area contributed by atoms with Crippen LogP contribution in [0.1, 0.15) is 51.9 Å². The highest BCUT2D eigenvalue weighted by Crippen LogP contribution is 2.29. The van der Waals surface area contributed by atoms with Crippen LogP contribution in [0.4, 0.5) is 0 Å². The molecule has 1 atom stereocenters. The predicted molar refractivity (Wildman–Crippen MR) is 69.7 cm³/mol. The van der Waals surface area contributed by atoms with E-state index in [4.69, 9.17) is 0 Å². The highest BCUT2D eigenvalue weighted by molar-refractivity contribution is 4.86. The van der Waals surface area contributed by atoms with Gasteiger partial charge in [-0.3, -0.25) is 0 Å². The molecule has 1 heterocycles. The minimum Gasteiger partial charge on any atom is -0.317 e. The maximum absolute atomic E-state index is 3.43. The lowest BCUT2D eigenvalue weighted by Crippen LogP contribution is -2.40. The second-order valence-electron chi connectivity index (χ2n) is 5.73. The monoisotopic (exact) mass is 224 g/mol. The second kappa shape index (κ2) is 6.02. The Kier molecular flexibility index (Phi) is 4.66. The second-order valence-corrected chi connectivity index (χ2v) is 5.73. The number of hydrogen-bond donors (Lipinski definition) is 1. The highest BCUT2D eigenvalue weighted by atomic mass is 15.2. The van der Waals surface area contributed by atoms with E-state index in [9.17, 15) is 0 Å². The lowest BCUT2D eigenvalue weighted by atomic mass is 9.90. The van der Waals surface area contributed by atoms with Gasteiger partial charge in [-0.05, 0) is 58.0 Å². The molecular formula is C14H28N2. The van der Waals surface area contributed by atoms with Crippen LogP contribution >= 0.6 is 0 Å². The van der Waals surface area contributed by atoms with Gasteiger partial charge < -0.3 is 10.2 Å². The molecular weight excluding hydrogens is 196 g/mol. The Morgan fingerprint density at radius 1 is 1.12 bits per heavy atom. The molecule has 2 aliphatic rings. The fourth-order valence-electron chi connectivity index (χ4n) is 3.57. The zero-order valence-corrected chi connectivity index (χ0v) is 11.0. The van der Waals surface area contributed by atoms with Crippen molar-refractivity contribution in [2.45, 2.75) is 64.0 Å². The minimum atomic E-state index is 0.797. The molecule has 0 aromatic carbocycles. The predicted octanol–water partition coefficient (Wildman–Crippen LogP) is 2.64. The molecule has 2 fully saturated rings. The quantitative estimate of drug-likeness (QED) is 0.790. The summed E-state index contributed by atoms with van der Waals surface area (Å²) >= 11 is 0. The Hall–Kier alpha value is -0.0800. The smallest absolute Gasteiger partial charge is 0.00965 e. The summed E-state index contributed by atoms with van der Waals surface area (Å²) in [6.07, 6.45) is 9.88. The SMILES string of the molecule is CCCC1CCN(C2CCC(NC)CC2)C1. The van der Waals surface area contributed by atoms with Crippen molar-refractivity contribution in [2.24, 2.45) is 5.92 Å². The van der Waals surface area contributed by atoms with Gasteiger partial charge in [0.05, 0.1) is 0 Å². The normalized spacial score (nSPS) is 36.8. The molecule has 0 aromatic rings. The van der Waals surface area contributed by atoms with Crippen molar-refractivity contribution in [3.05, 3.63) is 0 Å². The van der Waals surface area contributed by atoms with Crippen LogP contribution in [-0.2, 0) is 0 Å². The summed E-state index contributed by atoms with van der Waals surface area (Å²) in [5, 5.41) is 3.43. The third-order valence-corrected chi connectivity index (χ3v) is 4.64. The number of nitrogens with one attached hydrogen (secondary N) is 1. The van der Waals surface area contributed by atoms with Crippen molar-refractivity contribution < 1.29 is 0 Å². The van der Waals surface area contributed by atoms with Crippen molar-refractivity contribution in [1.82, 2.24) is 10.2 Å². The molecule has 2 nitrogen and oxygen atoms in total. The van der Waals surface area contributed by atoms with E-state index in [2.05, 4.69) is 24.2 Å². The van der Waals surface area contributed by atoms with Crippen molar-refractivity contribution in [3.63, 3.8) is 0 Å². The van der Waals surface area contributed by atoms with Crippen molar-refractivity contribution in [2.75, 3.05) is 20.1 Å². The molecule has 1 aliphatic heterocycles. The van der Waals surface area contributed by atoms with Gasteiger partial charge in [-0.1, -0.05) is 13.3 Å². The lowest BCUT2D eigenvalue weighted by molar-refractivity contribution is 0.170. The molecule has 0 amide bonds. The molecule has 1 saturated heterocycles. The molecule has 0 spiro atoms. The number of hydrogen-bond acceptors (Lipinski definition) is 2. The van der Waals surface area contributed by atoms with Crippen LogP contribution in [0.3, 0.4) is 0 Å². The summed E-state index contributed by atoms with van der Waals surface area (Å²) in [6.45, 7) is 5.09. The first-order valence-electron chi connectivity index (χ1n) is 7.24. The molecule has 2 heteroatoms. The van der Waals surface area contributed by atoms with Crippen LogP contribution in [0.2, 0.25) is 0 Å². The molecule has 1 unspecified atom stereocenters. The van der Waals surface area contributed by atoms with E-state index in [1.807, 2.05) is 0 Å². The van der Waals surface area contributed by atoms with Crippen LogP contribution in [0.15, 0.2) is 0 Å². The lowest BCUT2D eigenvalue weighted by Gasteiger charge is -2.34. The molecule has 94 valence electrons. The topological polar surface area (TPSA) is 15.3 Å². The van der Waals surface area contributed by atoms with Gasteiger partial charge in [0.1, 0.15) is 0 Å². The fraction of sp³-hybridized carbons (Fsp3) is 1.00. The Morgan fingerprint density at radius 2 is 1.88 bits per heavy atom. The van der Waals surface area contributed by atoms with Gasteiger partial charge in [0.15, 0.2) is 0 Å². The molecule has 0 radical (unpaired) electrons. The van der Waals surface area contributed by atoms with Crippen LogP contribution in [0.5, 0.6) is 0 Å². The Balaban J connectivity index is 1.73. The van der Waals surface area contributed by atoms with Crippen molar-refractivity contribution >= 4 is 0 Å². The van der Waals surface area contributed by atoms with Gasteiger partial charge >= 0.3 is 0 Å². The molecule has 16 heavy (non-hydrogen) atoms. The Bertz CT molecular complexity index is 197. The number of nitrogens with zero attached hydrogens (tertiary/aromatic N) is 1. The van der Waals surface area contributed by atoms with E-state index >= 15 is 0 Å². The molecule has 0 bridgehead atoms. The first-order chi connectivity index (χ1) is 7.83. The van der Waals surface area contributed by atoms with Crippen LogP contribution in [0.25, 0.3) is 0 Å². The molecule has 1 aliphatic carbocycles. The third-order valence-electron chi connectivity index (χ3n) is 4.64. The van der Waals surface area contributed by atoms with E-state index < -0.39 is 0 Å². The Morgan fingerprint density at radius 3 is 2.50 bits per heavy atom. The standard InChI is InChI=1S/C14H28N2/c1-3-4-12-9-10-16(11-12)14-7-5-13(15-2)6-8-14/h12-15H,3-11H2,1-2H3. The number of likely N-dealkylation sites (tertiary alicyclic amines) is 1. The van der Waals surface area contributed by atoms with E-state index in [1.54, 1.807) is 0 Å². The summed E-state index contributed by atoms with van der Waals surface area (Å²) < 4.78 is 0. The summed E-state index contributed by atoms with van der Waals surface area (Å²) in [5.74, 6) is 1.01. The maximum Gasteiger partial charge on any atom is 0.00965 e. The summed E-state index contributed by atoms with van der Waals surface area (Å²) in [7, 11) is 2.11. The van der Waals surface area contributed by atoms with Gasteiger partial charge in [0, 0.05) is 18.6 Å². The summed E-state index contributed by atoms with van der Waals surface area (Å²) in [5.41, 5.74) is 0. The largest absolute Gasteiger partial charge is 0.317 e. The average Bonchev–Trinajstić information content (AvgIpc) is 2.78. The van der Waals surface area contributed by atoms with Gasteiger partial charge in [-0.15, -0.1) is 0 Å². The van der Waals surface area contributed by atoms with Crippen LogP contribution in [-0.4, -0.2) is 37.1 Å². The van der Waals surface area contributed by atoms with Crippen molar-refractivity contribution in [3.8, 4) is 0 Å². The van der Waals surface area contributed by atoms with Gasteiger partial charge in [-0.25, -0.2) is 0 Å². The maximum atomic E-state index is 3.43. The van der Waals surface area contributed by atoms with Crippen molar-refractivity contribution in [1.29, 1.82) is 0 Å². The molecule has 0 aromatic heterocycles. The van der Waals surface area contributed by atoms with E-state index in [0.29, 0.717) is 0 Å². The van der Waals surface area contributed by atoms with Gasteiger partial charge in [-0.2, -0.15) is 0 Å². The van der Waals surface area contributed by atoms with E-state index in [0.717, 1.165) is 18.0 Å². The van der Waals surface area contributed by atoms with E-state index in [-0.39, 0.29) is 0 Å². The van der Waals surface area contributed by atoms with Crippen LogP contribution < -0.4 is 5.32 Å². The third kappa shape index (κ3) is 2.98. The first-order valence-corrected chi connectivity index (χ1v) is 7.24. The minimum absolute atomic E-state index is 0.797. The molecule has 1 saturated carbocycles. The van der Waals surface area contributed by atoms with Gasteiger partial charge in [0.25, 0.3) is 0 Å². The summed E-state index contributed by atoms with van der Waals surface area (Å²) in [4.78, 5) is 2.78. The zero-order valence-electron chi connectivity index (χ0n) is 11.0. The van der Waals surface area contributed by atoms with E-state index in [1.165, 1.54) is 58.0 Å². The molecule has 1 N–H and O–H groups in total. The summed E-state index contributed by atoms with van der Waals surface area (Å²) in [6, 6.07) is 1.71. The zero-order chi connectivity index (χ0) is 11.4. The number of rotatable bonds is 4. The highest BCUT2D eigenvalue weighted by Gasteiger charge is 2.30.